The first-order valence-electron chi connectivity index (χ1n) is 12.3. The third kappa shape index (κ3) is 3.84. The fourth-order valence-electron chi connectivity index (χ4n) is 5.61. The average molecular weight is 502 g/mol. The van der Waals surface area contributed by atoms with Gasteiger partial charge >= 0.3 is 5.97 Å². The molecule has 8 nitrogen and oxygen atoms in total. The number of carboxylic acids is 1. The molecule has 3 aromatic carbocycles. The summed E-state index contributed by atoms with van der Waals surface area (Å²) >= 11 is 0. The molecule has 2 N–H and O–H groups in total. The fraction of sp³-hybridized carbons (Fsp3) is 0.310. The molecule has 37 heavy (non-hydrogen) atoms. The predicted molar refractivity (Wildman–Crippen MR) is 134 cm³/mol. The Hall–Kier alpha value is -4.20. The number of methoxy groups -OCH3 is 1. The molecule has 0 saturated heterocycles. The van der Waals surface area contributed by atoms with Crippen molar-refractivity contribution in [2.45, 2.75) is 43.7 Å². The first kappa shape index (κ1) is 23.2. The lowest BCUT2D eigenvalue weighted by atomic mass is 9.82. The Kier molecular flexibility index (Phi) is 5.47. The summed E-state index contributed by atoms with van der Waals surface area (Å²) in [5.41, 5.74) is 3.22. The number of fused-ring (bicyclic) bond motifs is 4. The minimum absolute atomic E-state index is 0.0567. The molecule has 0 bridgehead atoms. The third-order valence-corrected chi connectivity index (χ3v) is 7.76. The van der Waals surface area contributed by atoms with E-state index in [2.05, 4.69) is 5.32 Å². The number of amides is 1. The molecule has 1 amide bonds. The van der Waals surface area contributed by atoms with Crippen molar-refractivity contribution in [3.8, 4) is 23.0 Å². The Morgan fingerprint density at radius 2 is 1.86 bits per heavy atom. The van der Waals surface area contributed by atoms with E-state index in [1.807, 2.05) is 37.3 Å². The quantitative estimate of drug-likeness (QED) is 0.522. The normalized spacial score (nSPS) is 23.0. The van der Waals surface area contributed by atoms with Crippen molar-refractivity contribution in [2.24, 2.45) is 0 Å². The van der Waals surface area contributed by atoms with Gasteiger partial charge in [0.2, 0.25) is 12.7 Å². The monoisotopic (exact) mass is 501 g/mol. The van der Waals surface area contributed by atoms with Gasteiger partial charge < -0.3 is 29.4 Å². The Balaban J connectivity index is 1.31. The number of benzene rings is 3. The Labute approximate surface area is 214 Å². The molecule has 0 saturated carbocycles. The van der Waals surface area contributed by atoms with Crippen LogP contribution in [0.1, 0.15) is 64.5 Å². The highest BCUT2D eigenvalue weighted by Gasteiger charge is 2.45. The maximum absolute atomic E-state index is 13.9. The largest absolute Gasteiger partial charge is 0.497 e. The second-order valence-electron chi connectivity index (χ2n) is 9.86. The highest BCUT2D eigenvalue weighted by Crippen LogP contribution is 2.49. The lowest BCUT2D eigenvalue weighted by Crippen LogP contribution is -2.44. The van der Waals surface area contributed by atoms with Crippen molar-refractivity contribution in [3.63, 3.8) is 0 Å². The zero-order valence-corrected chi connectivity index (χ0v) is 20.6. The van der Waals surface area contributed by atoms with Crippen LogP contribution in [0, 0.1) is 0 Å². The molecule has 0 radical (unpaired) electrons. The van der Waals surface area contributed by atoms with Crippen LogP contribution in [-0.2, 0) is 16.6 Å². The molecular weight excluding hydrogens is 474 g/mol. The zero-order valence-electron chi connectivity index (χ0n) is 20.6. The Morgan fingerprint density at radius 3 is 2.62 bits per heavy atom. The molecule has 6 rings (SSSR count). The maximum atomic E-state index is 13.9. The van der Waals surface area contributed by atoms with Gasteiger partial charge in [-0.2, -0.15) is 0 Å². The number of carboxylic acid groups (broad SMARTS) is 1. The summed E-state index contributed by atoms with van der Waals surface area (Å²) in [6.07, 6.45) is 1.55. The van der Waals surface area contributed by atoms with Crippen LogP contribution in [0.5, 0.6) is 23.0 Å². The minimum Gasteiger partial charge on any atom is -0.497 e. The summed E-state index contributed by atoms with van der Waals surface area (Å²) in [5, 5.41) is 12.6. The van der Waals surface area contributed by atoms with Gasteiger partial charge in [0.25, 0.3) is 0 Å². The van der Waals surface area contributed by atoms with Gasteiger partial charge in [-0.15, -0.1) is 0 Å². The molecule has 3 aliphatic rings. The highest BCUT2D eigenvalue weighted by molar-refractivity contribution is 5.90. The van der Waals surface area contributed by atoms with Crippen LogP contribution in [0.2, 0.25) is 0 Å². The van der Waals surface area contributed by atoms with E-state index in [1.165, 1.54) is 0 Å². The highest BCUT2D eigenvalue weighted by atomic mass is 16.7. The molecule has 0 aromatic heterocycles. The molecule has 8 heteroatoms. The second kappa shape index (κ2) is 8.73. The molecule has 1 aliphatic carbocycles. The van der Waals surface area contributed by atoms with Gasteiger partial charge in [0.05, 0.1) is 24.1 Å². The summed E-state index contributed by atoms with van der Waals surface area (Å²) in [7, 11) is 1.59. The van der Waals surface area contributed by atoms with Crippen LogP contribution in [0.3, 0.4) is 0 Å². The topological polar surface area (TPSA) is 103 Å². The van der Waals surface area contributed by atoms with Crippen molar-refractivity contribution in [3.05, 3.63) is 82.4 Å². The van der Waals surface area contributed by atoms with E-state index in [0.717, 1.165) is 40.2 Å². The summed E-state index contributed by atoms with van der Waals surface area (Å²) in [6.45, 7) is 2.18. The van der Waals surface area contributed by atoms with Gasteiger partial charge in [-0.1, -0.05) is 18.2 Å². The smallest absolute Gasteiger partial charge is 0.335 e. The van der Waals surface area contributed by atoms with Crippen molar-refractivity contribution in [1.29, 1.82) is 0 Å². The molecule has 0 fully saturated rings. The lowest BCUT2D eigenvalue weighted by molar-refractivity contribution is -0.127. The molecule has 2 heterocycles. The van der Waals surface area contributed by atoms with E-state index in [4.69, 9.17) is 18.9 Å². The van der Waals surface area contributed by atoms with Gasteiger partial charge in [-0.3, -0.25) is 4.79 Å². The van der Waals surface area contributed by atoms with Crippen LogP contribution in [0.15, 0.2) is 54.6 Å². The van der Waals surface area contributed by atoms with Crippen LogP contribution >= 0.6 is 0 Å². The number of ether oxygens (including phenoxy) is 4. The van der Waals surface area contributed by atoms with Crippen molar-refractivity contribution in [2.75, 3.05) is 13.9 Å². The summed E-state index contributed by atoms with van der Waals surface area (Å²) in [6, 6.07) is 15.8. The first-order chi connectivity index (χ1) is 17.9. The molecular formula is C29H27NO7. The molecule has 0 spiro atoms. The van der Waals surface area contributed by atoms with Crippen LogP contribution in [0.4, 0.5) is 0 Å². The van der Waals surface area contributed by atoms with E-state index < -0.39 is 11.4 Å². The van der Waals surface area contributed by atoms with E-state index >= 15 is 0 Å². The van der Waals surface area contributed by atoms with Crippen molar-refractivity contribution >= 4 is 11.9 Å². The van der Waals surface area contributed by atoms with E-state index in [9.17, 15) is 14.7 Å². The van der Waals surface area contributed by atoms with E-state index in [-0.39, 0.29) is 30.4 Å². The SMILES string of the molecule is COc1ccc2c(c1)O[C@@H](c1ccc(C(=O)O)cc1)C[C@H]2NC(=O)[C@@]1(C)CCc2c1ccc1c2OCO1. The fourth-order valence-corrected chi connectivity index (χ4v) is 5.61. The van der Waals surface area contributed by atoms with Gasteiger partial charge in [0, 0.05) is 23.6 Å². The van der Waals surface area contributed by atoms with E-state index in [0.29, 0.717) is 24.3 Å². The average Bonchev–Trinajstić information content (AvgIpc) is 3.53. The third-order valence-electron chi connectivity index (χ3n) is 7.76. The minimum atomic E-state index is -0.982. The van der Waals surface area contributed by atoms with Gasteiger partial charge in [0.15, 0.2) is 11.5 Å². The zero-order chi connectivity index (χ0) is 25.7. The number of hydrogen-bond acceptors (Lipinski definition) is 6. The number of carbonyl (C=O) groups is 2. The van der Waals surface area contributed by atoms with E-state index in [1.54, 1.807) is 31.4 Å². The molecule has 3 atom stereocenters. The Morgan fingerprint density at radius 1 is 1.05 bits per heavy atom. The molecule has 190 valence electrons. The summed E-state index contributed by atoms with van der Waals surface area (Å²) in [5.74, 6) is 1.72. The van der Waals surface area contributed by atoms with Gasteiger partial charge in [0.1, 0.15) is 17.6 Å². The lowest BCUT2D eigenvalue weighted by Gasteiger charge is -2.35. The summed E-state index contributed by atoms with van der Waals surface area (Å²) < 4.78 is 22.9. The number of rotatable bonds is 5. The van der Waals surface area contributed by atoms with Crippen molar-refractivity contribution < 1.29 is 33.6 Å². The summed E-state index contributed by atoms with van der Waals surface area (Å²) in [4.78, 5) is 25.2. The van der Waals surface area contributed by atoms with Crippen LogP contribution in [-0.4, -0.2) is 30.9 Å². The predicted octanol–water partition coefficient (Wildman–Crippen LogP) is 4.71. The molecule has 2 aliphatic heterocycles. The molecule has 3 aromatic rings. The van der Waals surface area contributed by atoms with Crippen LogP contribution < -0.4 is 24.3 Å². The number of hydrogen-bond donors (Lipinski definition) is 2. The Bertz CT molecular complexity index is 1400. The maximum Gasteiger partial charge on any atom is 0.335 e. The molecule has 0 unspecified atom stereocenters. The number of aromatic carboxylic acids is 1. The number of carbonyl (C=O) groups excluding carboxylic acids is 1. The standard InChI is InChI=1S/C29H27NO7/c1-29(12-11-19-21(29)9-10-23-26(19)36-15-35-23)28(33)30-22-14-24(16-3-5-17(6-4-16)27(31)32)37-25-13-18(34-2)7-8-20(22)25/h3-10,13,22,24H,11-12,14-15H2,1-2H3,(H,30,33)(H,31,32)/t22-,24-,29+/m1/s1. The van der Waals surface area contributed by atoms with Crippen LogP contribution in [0.25, 0.3) is 0 Å². The van der Waals surface area contributed by atoms with Gasteiger partial charge in [-0.05, 0) is 61.2 Å². The first-order valence-corrected chi connectivity index (χ1v) is 12.3. The second-order valence-corrected chi connectivity index (χ2v) is 9.86. The van der Waals surface area contributed by atoms with Gasteiger partial charge in [-0.25, -0.2) is 4.79 Å². The number of nitrogens with one attached hydrogen (secondary N) is 1. The van der Waals surface area contributed by atoms with Crippen molar-refractivity contribution in [1.82, 2.24) is 5.32 Å².